The molecule has 0 radical (unpaired) electrons. The monoisotopic (exact) mass is 200 g/mol. The predicted molar refractivity (Wildman–Crippen MR) is 55.1 cm³/mol. The summed E-state index contributed by atoms with van der Waals surface area (Å²) in [6.45, 7) is 3.57. The highest BCUT2D eigenvalue weighted by atomic mass is 16.5. The van der Waals surface area contributed by atoms with Crippen molar-refractivity contribution in [2.24, 2.45) is 5.92 Å². The number of carbonyl (C=O) groups is 1. The summed E-state index contributed by atoms with van der Waals surface area (Å²) in [7, 11) is 3.43. The first-order chi connectivity index (χ1) is 6.76. The van der Waals surface area contributed by atoms with Crippen LogP contribution in [0.5, 0.6) is 0 Å². The Labute approximate surface area is 85.6 Å². The van der Waals surface area contributed by atoms with Gasteiger partial charge in [0.05, 0.1) is 13.7 Å². The van der Waals surface area contributed by atoms with Crippen molar-refractivity contribution in [1.29, 1.82) is 0 Å². The largest absolute Gasteiger partial charge is 0.468 e. The molecule has 0 aliphatic carbocycles. The normalized spacial score (nSPS) is 19.6. The van der Waals surface area contributed by atoms with Crippen LogP contribution in [0.4, 0.5) is 0 Å². The van der Waals surface area contributed by atoms with Gasteiger partial charge in [0.1, 0.15) is 0 Å². The zero-order valence-corrected chi connectivity index (χ0v) is 9.08. The van der Waals surface area contributed by atoms with Gasteiger partial charge in [-0.2, -0.15) is 0 Å². The molecule has 1 aliphatic rings. The van der Waals surface area contributed by atoms with Crippen LogP contribution in [0, 0.1) is 5.92 Å². The predicted octanol–water partition coefficient (Wildman–Crippen LogP) is 0.0908. The molecule has 4 heteroatoms. The first-order valence-electron chi connectivity index (χ1n) is 5.20. The Morgan fingerprint density at radius 2 is 2.14 bits per heavy atom. The van der Waals surface area contributed by atoms with E-state index in [2.05, 4.69) is 15.0 Å². The van der Waals surface area contributed by atoms with E-state index in [-0.39, 0.29) is 5.97 Å². The smallest absolute Gasteiger partial charge is 0.319 e. The molecule has 1 aliphatic heterocycles. The van der Waals surface area contributed by atoms with E-state index in [0.717, 1.165) is 25.6 Å². The van der Waals surface area contributed by atoms with Crippen LogP contribution in [0.3, 0.4) is 0 Å². The maximum absolute atomic E-state index is 11.0. The van der Waals surface area contributed by atoms with E-state index in [1.165, 1.54) is 20.0 Å². The fraction of sp³-hybridized carbons (Fsp3) is 0.900. The Kier molecular flexibility index (Phi) is 4.90. The Bertz CT molecular complexity index is 177. The fourth-order valence-corrected chi connectivity index (χ4v) is 1.88. The lowest BCUT2D eigenvalue weighted by Crippen LogP contribution is -2.39. The molecule has 4 nitrogen and oxygen atoms in total. The maximum Gasteiger partial charge on any atom is 0.319 e. The molecule has 0 spiro atoms. The molecule has 0 unspecified atom stereocenters. The number of methoxy groups -OCH3 is 1. The molecular weight excluding hydrogens is 180 g/mol. The number of carbonyl (C=O) groups excluding carboxylic acids is 1. The molecule has 1 N–H and O–H groups in total. The van der Waals surface area contributed by atoms with E-state index in [1.807, 2.05) is 7.05 Å². The highest BCUT2D eigenvalue weighted by molar-refractivity contribution is 5.71. The Balaban J connectivity index is 2.18. The van der Waals surface area contributed by atoms with Crippen molar-refractivity contribution in [3.8, 4) is 0 Å². The standard InChI is InChI=1S/C10H20N2O2/c1-11-7-9-3-5-12(6-4-9)8-10(13)14-2/h9,11H,3-8H2,1-2H3. The molecule has 14 heavy (non-hydrogen) atoms. The van der Waals surface area contributed by atoms with Crippen molar-refractivity contribution in [2.45, 2.75) is 12.8 Å². The minimum Gasteiger partial charge on any atom is -0.468 e. The summed E-state index contributed by atoms with van der Waals surface area (Å²) >= 11 is 0. The zero-order chi connectivity index (χ0) is 10.4. The van der Waals surface area contributed by atoms with Gasteiger partial charge in [0.2, 0.25) is 0 Å². The number of rotatable bonds is 4. The minimum atomic E-state index is -0.128. The number of hydrogen-bond donors (Lipinski definition) is 1. The van der Waals surface area contributed by atoms with Crippen LogP contribution >= 0.6 is 0 Å². The van der Waals surface area contributed by atoms with E-state index in [4.69, 9.17) is 0 Å². The fourth-order valence-electron chi connectivity index (χ4n) is 1.88. The van der Waals surface area contributed by atoms with Gasteiger partial charge >= 0.3 is 5.97 Å². The zero-order valence-electron chi connectivity index (χ0n) is 9.08. The van der Waals surface area contributed by atoms with E-state index < -0.39 is 0 Å². The molecule has 0 amide bonds. The number of ether oxygens (including phenoxy) is 1. The Hall–Kier alpha value is -0.610. The van der Waals surface area contributed by atoms with Crippen LogP contribution in [0.25, 0.3) is 0 Å². The number of nitrogens with one attached hydrogen (secondary N) is 1. The molecule has 0 aromatic carbocycles. The quantitative estimate of drug-likeness (QED) is 0.653. The third-order valence-corrected chi connectivity index (χ3v) is 2.78. The van der Waals surface area contributed by atoms with Crippen molar-refractivity contribution < 1.29 is 9.53 Å². The lowest BCUT2D eigenvalue weighted by Gasteiger charge is -2.30. The number of likely N-dealkylation sites (tertiary alicyclic amines) is 1. The van der Waals surface area contributed by atoms with Gasteiger partial charge in [0.15, 0.2) is 0 Å². The average molecular weight is 200 g/mol. The molecular formula is C10H20N2O2. The molecule has 0 atom stereocenters. The van der Waals surface area contributed by atoms with Crippen LogP contribution in [0.2, 0.25) is 0 Å². The van der Waals surface area contributed by atoms with Gasteiger partial charge in [0, 0.05) is 0 Å². The second-order valence-corrected chi connectivity index (χ2v) is 3.85. The summed E-state index contributed by atoms with van der Waals surface area (Å²) < 4.78 is 4.63. The van der Waals surface area contributed by atoms with E-state index in [0.29, 0.717) is 6.54 Å². The van der Waals surface area contributed by atoms with Gasteiger partial charge in [-0.1, -0.05) is 0 Å². The highest BCUT2D eigenvalue weighted by Gasteiger charge is 2.20. The van der Waals surface area contributed by atoms with E-state index in [1.54, 1.807) is 0 Å². The number of nitrogens with zero attached hydrogens (tertiary/aromatic N) is 1. The number of hydrogen-bond acceptors (Lipinski definition) is 4. The van der Waals surface area contributed by atoms with E-state index in [9.17, 15) is 4.79 Å². The van der Waals surface area contributed by atoms with Gasteiger partial charge in [-0.3, -0.25) is 9.69 Å². The molecule has 0 bridgehead atoms. The summed E-state index contributed by atoms with van der Waals surface area (Å²) in [6, 6.07) is 0. The first-order valence-corrected chi connectivity index (χ1v) is 5.20. The second kappa shape index (κ2) is 5.98. The molecule has 0 aromatic heterocycles. The van der Waals surface area contributed by atoms with Gasteiger partial charge in [0.25, 0.3) is 0 Å². The topological polar surface area (TPSA) is 41.6 Å². The summed E-state index contributed by atoms with van der Waals surface area (Å²) in [6.07, 6.45) is 2.36. The number of piperidine rings is 1. The van der Waals surface area contributed by atoms with Gasteiger partial charge < -0.3 is 10.1 Å². The summed E-state index contributed by atoms with van der Waals surface area (Å²) in [5.41, 5.74) is 0. The van der Waals surface area contributed by atoms with Crippen LogP contribution in [0.15, 0.2) is 0 Å². The average Bonchev–Trinajstić information content (AvgIpc) is 2.21. The third kappa shape index (κ3) is 3.64. The van der Waals surface area contributed by atoms with Crippen LogP contribution in [0.1, 0.15) is 12.8 Å². The van der Waals surface area contributed by atoms with Crippen LogP contribution < -0.4 is 5.32 Å². The molecule has 0 aromatic rings. The van der Waals surface area contributed by atoms with Crippen molar-refractivity contribution >= 4 is 5.97 Å². The number of esters is 1. The van der Waals surface area contributed by atoms with Gasteiger partial charge in [-0.05, 0) is 45.4 Å². The molecule has 1 fully saturated rings. The van der Waals surface area contributed by atoms with Crippen molar-refractivity contribution in [2.75, 3.05) is 40.3 Å². The van der Waals surface area contributed by atoms with Crippen LogP contribution in [-0.4, -0.2) is 51.2 Å². The summed E-state index contributed by atoms with van der Waals surface area (Å²) in [5.74, 6) is 0.644. The SMILES string of the molecule is CNCC1CCN(CC(=O)OC)CC1. The van der Waals surface area contributed by atoms with Crippen molar-refractivity contribution in [3.63, 3.8) is 0 Å². The lowest BCUT2D eigenvalue weighted by atomic mass is 9.97. The minimum absolute atomic E-state index is 0.128. The van der Waals surface area contributed by atoms with Gasteiger partial charge in [-0.15, -0.1) is 0 Å². The van der Waals surface area contributed by atoms with E-state index >= 15 is 0 Å². The molecule has 1 saturated heterocycles. The van der Waals surface area contributed by atoms with Crippen molar-refractivity contribution in [3.05, 3.63) is 0 Å². The summed E-state index contributed by atoms with van der Waals surface area (Å²) in [5, 5.41) is 3.19. The van der Waals surface area contributed by atoms with Crippen LogP contribution in [-0.2, 0) is 9.53 Å². The third-order valence-electron chi connectivity index (χ3n) is 2.78. The molecule has 1 rings (SSSR count). The summed E-state index contributed by atoms with van der Waals surface area (Å²) in [4.78, 5) is 13.2. The lowest BCUT2D eigenvalue weighted by molar-refractivity contribution is -0.142. The Morgan fingerprint density at radius 3 is 2.64 bits per heavy atom. The maximum atomic E-state index is 11.0. The first kappa shape index (κ1) is 11.5. The highest BCUT2D eigenvalue weighted by Crippen LogP contribution is 2.15. The van der Waals surface area contributed by atoms with Gasteiger partial charge in [-0.25, -0.2) is 0 Å². The Morgan fingerprint density at radius 1 is 1.50 bits per heavy atom. The van der Waals surface area contributed by atoms with Crippen molar-refractivity contribution in [1.82, 2.24) is 10.2 Å². The molecule has 82 valence electrons. The second-order valence-electron chi connectivity index (χ2n) is 3.85. The molecule has 1 heterocycles. The molecule has 0 saturated carbocycles.